The highest BCUT2D eigenvalue weighted by atomic mass is 32.2. The van der Waals surface area contributed by atoms with Crippen molar-refractivity contribution in [2.45, 2.75) is 25.6 Å². The molecule has 26 heavy (non-hydrogen) atoms. The van der Waals surface area contributed by atoms with Crippen molar-refractivity contribution in [3.8, 4) is 17.8 Å². The van der Waals surface area contributed by atoms with Crippen molar-refractivity contribution in [3.05, 3.63) is 6.07 Å². The maximum Gasteiger partial charge on any atom is 0.323 e. The molecule has 0 aromatic carbocycles. The molecule has 1 atom stereocenters. The van der Waals surface area contributed by atoms with Crippen LogP contribution in [0.1, 0.15) is 13.8 Å². The van der Waals surface area contributed by atoms with E-state index in [4.69, 9.17) is 18.9 Å². The van der Waals surface area contributed by atoms with Crippen molar-refractivity contribution in [2.24, 2.45) is 0 Å². The van der Waals surface area contributed by atoms with Gasteiger partial charge in [0.25, 0.3) is 5.91 Å². The fraction of sp³-hybridized carbons (Fsp3) is 0.643. The quantitative estimate of drug-likeness (QED) is 0.596. The summed E-state index contributed by atoms with van der Waals surface area (Å²) < 4.78 is 47.5. The first kappa shape index (κ1) is 21.9. The average molecular weight is 392 g/mol. The van der Waals surface area contributed by atoms with Crippen molar-refractivity contribution in [3.63, 3.8) is 0 Å². The van der Waals surface area contributed by atoms with Gasteiger partial charge in [0, 0.05) is 21.2 Å². The summed E-state index contributed by atoms with van der Waals surface area (Å²) in [4.78, 5) is 20.5. The van der Waals surface area contributed by atoms with E-state index in [9.17, 15) is 13.2 Å². The summed E-state index contributed by atoms with van der Waals surface area (Å²) in [5.74, 6) is -0.666. The van der Waals surface area contributed by atoms with Gasteiger partial charge in [-0.05, 0) is 13.8 Å². The Balaban J connectivity index is 3.22. The third kappa shape index (κ3) is 5.41. The third-order valence-corrected chi connectivity index (χ3v) is 4.83. The van der Waals surface area contributed by atoms with Crippen molar-refractivity contribution in [2.75, 3.05) is 35.4 Å². The predicted octanol–water partition coefficient (Wildman–Crippen LogP) is -0.411. The minimum Gasteiger partial charge on any atom is -0.481 e. The van der Waals surface area contributed by atoms with Crippen molar-refractivity contribution >= 4 is 16.1 Å². The molecule has 0 aliphatic rings. The minimum absolute atomic E-state index is 0.141. The lowest BCUT2D eigenvalue weighted by atomic mass is 10.0. The highest BCUT2D eigenvalue weighted by Gasteiger charge is 2.40. The molecule has 0 fully saturated rings. The molecular weight excluding hydrogens is 368 g/mol. The molecule has 1 heterocycles. The van der Waals surface area contributed by atoms with Gasteiger partial charge in [-0.3, -0.25) is 4.79 Å². The number of amides is 1. The van der Waals surface area contributed by atoms with Gasteiger partial charge in [0.1, 0.15) is 5.60 Å². The molecule has 1 aromatic rings. The van der Waals surface area contributed by atoms with Gasteiger partial charge in [0.2, 0.25) is 17.9 Å². The van der Waals surface area contributed by atoms with E-state index in [0.717, 1.165) is 4.31 Å². The van der Waals surface area contributed by atoms with Crippen LogP contribution in [0.2, 0.25) is 0 Å². The van der Waals surface area contributed by atoms with Crippen LogP contribution in [0.3, 0.4) is 0 Å². The Labute approximate surface area is 152 Å². The summed E-state index contributed by atoms with van der Waals surface area (Å²) in [5.41, 5.74) is -1.20. The summed E-state index contributed by atoms with van der Waals surface area (Å²) in [6.45, 7) is 3.11. The maximum atomic E-state index is 12.5. The molecule has 1 unspecified atom stereocenters. The fourth-order valence-corrected chi connectivity index (χ4v) is 2.18. The first-order valence-corrected chi connectivity index (χ1v) is 8.83. The topological polar surface area (TPSA) is 129 Å². The monoisotopic (exact) mass is 392 g/mol. The fourth-order valence-electron chi connectivity index (χ4n) is 1.64. The molecule has 0 bridgehead atoms. The van der Waals surface area contributed by atoms with Crippen molar-refractivity contribution in [1.82, 2.24) is 19.0 Å². The maximum absolute atomic E-state index is 12.5. The number of carbonyl (C=O) groups is 1. The van der Waals surface area contributed by atoms with Crippen LogP contribution in [0.25, 0.3) is 0 Å². The predicted molar refractivity (Wildman–Crippen MR) is 91.4 cm³/mol. The van der Waals surface area contributed by atoms with E-state index in [1.54, 1.807) is 13.8 Å². The molecular formula is C14H24N4O7S. The zero-order valence-corrected chi connectivity index (χ0v) is 16.6. The van der Waals surface area contributed by atoms with Gasteiger partial charge in [0.05, 0.1) is 20.3 Å². The second kappa shape index (κ2) is 8.47. The highest BCUT2D eigenvalue weighted by Crippen LogP contribution is 2.23. The number of ether oxygens (including phenoxy) is 4. The Hall–Kier alpha value is -2.18. The Morgan fingerprint density at radius 3 is 2.04 bits per heavy atom. The van der Waals surface area contributed by atoms with Crippen LogP contribution >= 0.6 is 0 Å². The molecule has 0 radical (unpaired) electrons. The minimum atomic E-state index is -4.02. The number of nitrogens with one attached hydrogen (secondary N) is 1. The molecule has 148 valence electrons. The molecule has 1 N–H and O–H groups in total. The standard InChI is InChI=1S/C14H24N4O7S/c1-14(2,24-7)11(12(19)17-26(20,21)18(3)4)25-13-15-9(22-5)8-10(16-13)23-6/h8,11H,1-7H3,(H,17,19). The van der Waals surface area contributed by atoms with Crippen LogP contribution in [-0.4, -0.2) is 75.7 Å². The molecule has 0 saturated heterocycles. The van der Waals surface area contributed by atoms with E-state index in [0.29, 0.717) is 0 Å². The molecule has 1 rings (SSSR count). The number of aromatic nitrogens is 2. The number of rotatable bonds is 9. The summed E-state index contributed by atoms with van der Waals surface area (Å²) >= 11 is 0. The van der Waals surface area contributed by atoms with E-state index in [1.807, 2.05) is 4.72 Å². The summed E-state index contributed by atoms with van der Waals surface area (Å²) in [6, 6.07) is 1.17. The number of carbonyl (C=O) groups excluding carboxylic acids is 1. The zero-order chi connectivity index (χ0) is 20.1. The first-order valence-electron chi connectivity index (χ1n) is 7.39. The molecule has 0 aliphatic carbocycles. The molecule has 1 aromatic heterocycles. The van der Waals surface area contributed by atoms with Crippen molar-refractivity contribution in [1.29, 1.82) is 0 Å². The molecule has 1 amide bonds. The second-order valence-electron chi connectivity index (χ2n) is 5.79. The summed E-state index contributed by atoms with van der Waals surface area (Å²) in [5, 5.41) is 0. The Kier molecular flexibility index (Phi) is 7.12. The molecule has 0 saturated carbocycles. The molecule has 0 aliphatic heterocycles. The summed E-state index contributed by atoms with van der Waals surface area (Å²) in [6.07, 6.45) is -1.39. The Bertz CT molecular complexity index is 715. The SMILES string of the molecule is COc1cc(OC)nc(OC(C(=O)NS(=O)(=O)N(C)C)C(C)(C)OC)n1. The average Bonchev–Trinajstić information content (AvgIpc) is 2.58. The lowest BCUT2D eigenvalue weighted by Gasteiger charge is -2.31. The van der Waals surface area contributed by atoms with Crippen LogP contribution in [0.15, 0.2) is 6.07 Å². The van der Waals surface area contributed by atoms with Crippen LogP contribution < -0.4 is 18.9 Å². The van der Waals surface area contributed by atoms with E-state index >= 15 is 0 Å². The van der Waals surface area contributed by atoms with Gasteiger partial charge in [-0.2, -0.15) is 22.7 Å². The smallest absolute Gasteiger partial charge is 0.323 e. The van der Waals surface area contributed by atoms with Gasteiger partial charge in [-0.25, -0.2) is 4.72 Å². The zero-order valence-electron chi connectivity index (χ0n) is 15.8. The second-order valence-corrected chi connectivity index (χ2v) is 7.68. The number of nitrogens with zero attached hydrogens (tertiary/aromatic N) is 3. The van der Waals surface area contributed by atoms with Gasteiger partial charge >= 0.3 is 16.2 Å². The lowest BCUT2D eigenvalue weighted by molar-refractivity contribution is -0.141. The Morgan fingerprint density at radius 2 is 1.65 bits per heavy atom. The normalized spacial score (nSPS) is 13.2. The van der Waals surface area contributed by atoms with E-state index < -0.39 is 27.8 Å². The van der Waals surface area contributed by atoms with E-state index in [1.165, 1.54) is 41.5 Å². The van der Waals surface area contributed by atoms with Gasteiger partial charge in [0.15, 0.2) is 0 Å². The highest BCUT2D eigenvalue weighted by molar-refractivity contribution is 7.87. The molecule has 0 spiro atoms. The van der Waals surface area contributed by atoms with Crippen LogP contribution in [0, 0.1) is 0 Å². The van der Waals surface area contributed by atoms with Crippen molar-refractivity contribution < 1.29 is 32.2 Å². The van der Waals surface area contributed by atoms with Crippen LogP contribution in [0.5, 0.6) is 17.8 Å². The number of hydrogen-bond donors (Lipinski definition) is 1. The van der Waals surface area contributed by atoms with Gasteiger partial charge in [-0.15, -0.1) is 0 Å². The van der Waals surface area contributed by atoms with Gasteiger partial charge in [-0.1, -0.05) is 0 Å². The van der Waals surface area contributed by atoms with E-state index in [-0.39, 0.29) is 17.8 Å². The van der Waals surface area contributed by atoms with E-state index in [2.05, 4.69) is 9.97 Å². The molecule has 12 heteroatoms. The molecule has 11 nitrogen and oxygen atoms in total. The van der Waals surface area contributed by atoms with Gasteiger partial charge < -0.3 is 18.9 Å². The Morgan fingerprint density at radius 1 is 1.15 bits per heavy atom. The number of hydrogen-bond acceptors (Lipinski definition) is 9. The lowest BCUT2D eigenvalue weighted by Crippen LogP contribution is -2.55. The third-order valence-electron chi connectivity index (χ3n) is 3.41. The largest absolute Gasteiger partial charge is 0.481 e. The summed E-state index contributed by atoms with van der Waals surface area (Å²) in [7, 11) is 2.67. The number of methoxy groups -OCH3 is 3. The van der Waals surface area contributed by atoms with Crippen LogP contribution in [-0.2, 0) is 19.7 Å². The first-order chi connectivity index (χ1) is 12.0. The van der Waals surface area contributed by atoms with Crippen LogP contribution in [0.4, 0.5) is 0 Å².